The maximum atomic E-state index is 12.1. The molecular weight excluding hydrogens is 274 g/mol. The SMILES string of the molecule is Cc1oc(CNC(=O)c2ccoc2C(C)C)cc1C(=O)O. The van der Waals surface area contributed by atoms with Gasteiger partial charge in [0.15, 0.2) is 0 Å². The van der Waals surface area contributed by atoms with Gasteiger partial charge < -0.3 is 19.3 Å². The van der Waals surface area contributed by atoms with Crippen molar-refractivity contribution >= 4 is 11.9 Å². The first-order valence-corrected chi connectivity index (χ1v) is 6.58. The largest absolute Gasteiger partial charge is 0.478 e. The number of amides is 1. The molecule has 0 saturated heterocycles. The lowest BCUT2D eigenvalue weighted by Gasteiger charge is -2.06. The predicted molar refractivity (Wildman–Crippen MR) is 74.4 cm³/mol. The molecule has 0 radical (unpaired) electrons. The van der Waals surface area contributed by atoms with Gasteiger partial charge in [-0.25, -0.2) is 4.79 Å². The monoisotopic (exact) mass is 291 g/mol. The highest BCUT2D eigenvalue weighted by Gasteiger charge is 2.18. The van der Waals surface area contributed by atoms with Crippen LogP contribution in [0.4, 0.5) is 0 Å². The summed E-state index contributed by atoms with van der Waals surface area (Å²) in [5.41, 5.74) is 0.581. The highest BCUT2D eigenvalue weighted by atomic mass is 16.4. The second kappa shape index (κ2) is 5.87. The van der Waals surface area contributed by atoms with Crippen LogP contribution in [0.3, 0.4) is 0 Å². The fraction of sp³-hybridized carbons (Fsp3) is 0.333. The van der Waals surface area contributed by atoms with E-state index in [1.807, 2.05) is 13.8 Å². The minimum absolute atomic E-state index is 0.102. The summed E-state index contributed by atoms with van der Waals surface area (Å²) in [5.74, 6) is 0.106. The van der Waals surface area contributed by atoms with Crippen LogP contribution < -0.4 is 5.32 Å². The summed E-state index contributed by atoms with van der Waals surface area (Å²) < 4.78 is 10.6. The maximum Gasteiger partial charge on any atom is 0.339 e. The lowest BCUT2D eigenvalue weighted by atomic mass is 10.1. The van der Waals surface area contributed by atoms with E-state index in [1.165, 1.54) is 12.3 Å². The van der Waals surface area contributed by atoms with Crippen LogP contribution in [0.5, 0.6) is 0 Å². The number of hydrogen-bond acceptors (Lipinski definition) is 4. The number of aryl methyl sites for hydroxylation is 1. The second-order valence-electron chi connectivity index (χ2n) is 5.02. The smallest absolute Gasteiger partial charge is 0.339 e. The average molecular weight is 291 g/mol. The predicted octanol–water partition coefficient (Wildman–Crippen LogP) is 2.93. The number of carboxylic acids is 1. The number of nitrogens with one attached hydrogen (secondary N) is 1. The number of carboxylic acid groups (broad SMARTS) is 1. The third kappa shape index (κ3) is 3.16. The molecule has 0 aliphatic heterocycles. The van der Waals surface area contributed by atoms with Crippen molar-refractivity contribution in [1.82, 2.24) is 5.32 Å². The summed E-state index contributed by atoms with van der Waals surface area (Å²) in [4.78, 5) is 23.0. The van der Waals surface area contributed by atoms with Gasteiger partial charge in [0.2, 0.25) is 0 Å². The Bertz CT molecular complexity index is 665. The highest BCUT2D eigenvalue weighted by molar-refractivity contribution is 5.95. The lowest BCUT2D eigenvalue weighted by Crippen LogP contribution is -2.23. The van der Waals surface area contributed by atoms with E-state index < -0.39 is 5.97 Å². The Balaban J connectivity index is 2.06. The van der Waals surface area contributed by atoms with Gasteiger partial charge in [-0.1, -0.05) is 13.8 Å². The van der Waals surface area contributed by atoms with Gasteiger partial charge in [0.1, 0.15) is 22.8 Å². The summed E-state index contributed by atoms with van der Waals surface area (Å²) >= 11 is 0. The fourth-order valence-corrected chi connectivity index (χ4v) is 2.06. The molecule has 0 atom stereocenters. The van der Waals surface area contributed by atoms with E-state index in [0.717, 1.165) is 0 Å². The third-order valence-electron chi connectivity index (χ3n) is 3.09. The molecule has 0 spiro atoms. The number of carbonyl (C=O) groups excluding carboxylic acids is 1. The van der Waals surface area contributed by atoms with E-state index in [-0.39, 0.29) is 23.9 Å². The number of carbonyl (C=O) groups is 2. The molecular formula is C15H17NO5. The molecule has 112 valence electrons. The lowest BCUT2D eigenvalue weighted by molar-refractivity contribution is 0.0694. The first kappa shape index (κ1) is 14.9. The van der Waals surface area contributed by atoms with Gasteiger partial charge in [-0.15, -0.1) is 0 Å². The highest BCUT2D eigenvalue weighted by Crippen LogP contribution is 2.20. The molecule has 0 bridgehead atoms. The van der Waals surface area contributed by atoms with E-state index >= 15 is 0 Å². The van der Waals surface area contributed by atoms with Gasteiger partial charge in [-0.2, -0.15) is 0 Å². The summed E-state index contributed by atoms with van der Waals surface area (Å²) in [6.45, 7) is 5.56. The average Bonchev–Trinajstić information content (AvgIpc) is 3.02. The minimum Gasteiger partial charge on any atom is -0.478 e. The molecule has 6 heteroatoms. The van der Waals surface area contributed by atoms with Gasteiger partial charge in [0.05, 0.1) is 18.4 Å². The minimum atomic E-state index is -1.05. The van der Waals surface area contributed by atoms with Crippen molar-refractivity contribution < 1.29 is 23.5 Å². The van der Waals surface area contributed by atoms with Crippen LogP contribution in [0.1, 0.15) is 57.8 Å². The standard InChI is InChI=1S/C15H17NO5/c1-8(2)13-11(4-5-20-13)14(17)16-7-10-6-12(15(18)19)9(3)21-10/h4-6,8H,7H2,1-3H3,(H,16,17)(H,18,19). The zero-order chi connectivity index (χ0) is 15.6. The van der Waals surface area contributed by atoms with E-state index in [4.69, 9.17) is 13.9 Å². The van der Waals surface area contributed by atoms with Gasteiger partial charge in [-0.05, 0) is 19.1 Å². The fourth-order valence-electron chi connectivity index (χ4n) is 2.06. The van der Waals surface area contributed by atoms with Crippen LogP contribution >= 0.6 is 0 Å². The zero-order valence-corrected chi connectivity index (χ0v) is 12.1. The van der Waals surface area contributed by atoms with Gasteiger partial charge in [0, 0.05) is 5.92 Å². The molecule has 0 aliphatic carbocycles. The Morgan fingerprint density at radius 3 is 2.62 bits per heavy atom. The van der Waals surface area contributed by atoms with Crippen molar-refractivity contribution in [3.8, 4) is 0 Å². The molecule has 2 heterocycles. The van der Waals surface area contributed by atoms with Crippen molar-refractivity contribution in [2.24, 2.45) is 0 Å². The van der Waals surface area contributed by atoms with Crippen LogP contribution in [0.2, 0.25) is 0 Å². The normalized spacial score (nSPS) is 10.9. The van der Waals surface area contributed by atoms with Crippen molar-refractivity contribution in [2.75, 3.05) is 0 Å². The Morgan fingerprint density at radius 2 is 2.05 bits per heavy atom. The maximum absolute atomic E-state index is 12.1. The molecule has 2 rings (SSSR count). The Hall–Kier alpha value is -2.50. The molecule has 6 nitrogen and oxygen atoms in total. The van der Waals surface area contributed by atoms with Gasteiger partial charge >= 0.3 is 5.97 Å². The zero-order valence-electron chi connectivity index (χ0n) is 12.1. The first-order valence-electron chi connectivity index (χ1n) is 6.58. The van der Waals surface area contributed by atoms with Crippen LogP contribution in [0.25, 0.3) is 0 Å². The van der Waals surface area contributed by atoms with E-state index in [1.54, 1.807) is 13.0 Å². The van der Waals surface area contributed by atoms with Crippen LogP contribution in [-0.4, -0.2) is 17.0 Å². The molecule has 2 aromatic rings. The second-order valence-corrected chi connectivity index (χ2v) is 5.02. The summed E-state index contributed by atoms with van der Waals surface area (Å²) in [6, 6.07) is 3.03. The quantitative estimate of drug-likeness (QED) is 0.883. The number of aromatic carboxylic acids is 1. The summed E-state index contributed by atoms with van der Waals surface area (Å²) in [7, 11) is 0. The number of hydrogen-bond donors (Lipinski definition) is 2. The number of rotatable bonds is 5. The third-order valence-corrected chi connectivity index (χ3v) is 3.09. The molecule has 21 heavy (non-hydrogen) atoms. The molecule has 2 aromatic heterocycles. The molecule has 0 aromatic carbocycles. The summed E-state index contributed by atoms with van der Waals surface area (Å²) in [6.07, 6.45) is 1.48. The topological polar surface area (TPSA) is 92.7 Å². The number of furan rings is 2. The van der Waals surface area contributed by atoms with E-state index in [2.05, 4.69) is 5.32 Å². The molecule has 0 saturated carbocycles. The van der Waals surface area contributed by atoms with E-state index in [9.17, 15) is 9.59 Å². The van der Waals surface area contributed by atoms with Crippen molar-refractivity contribution in [2.45, 2.75) is 33.2 Å². The van der Waals surface area contributed by atoms with Crippen molar-refractivity contribution in [1.29, 1.82) is 0 Å². The molecule has 0 fully saturated rings. The molecule has 2 N–H and O–H groups in total. The van der Waals surface area contributed by atoms with E-state index in [0.29, 0.717) is 22.8 Å². The first-order chi connectivity index (χ1) is 9.90. The van der Waals surface area contributed by atoms with Crippen LogP contribution in [0, 0.1) is 6.92 Å². The van der Waals surface area contributed by atoms with Gasteiger partial charge in [0.25, 0.3) is 5.91 Å². The Labute approximate surface area is 121 Å². The van der Waals surface area contributed by atoms with Crippen molar-refractivity contribution in [3.63, 3.8) is 0 Å². The van der Waals surface area contributed by atoms with Crippen LogP contribution in [-0.2, 0) is 6.54 Å². The van der Waals surface area contributed by atoms with Crippen molar-refractivity contribution in [3.05, 3.63) is 46.8 Å². The summed E-state index contributed by atoms with van der Waals surface area (Å²) in [5, 5.41) is 11.6. The molecule has 0 aliphatic rings. The Kier molecular flexibility index (Phi) is 4.16. The van der Waals surface area contributed by atoms with Gasteiger partial charge in [-0.3, -0.25) is 4.79 Å². The Morgan fingerprint density at radius 1 is 1.33 bits per heavy atom. The molecule has 1 amide bonds. The molecule has 0 unspecified atom stereocenters. The van der Waals surface area contributed by atoms with Crippen LogP contribution in [0.15, 0.2) is 27.2 Å².